The van der Waals surface area contributed by atoms with Gasteiger partial charge in [-0.1, -0.05) is 25.1 Å². The zero-order valence-corrected chi connectivity index (χ0v) is 13.0. The van der Waals surface area contributed by atoms with Gasteiger partial charge in [-0.2, -0.15) is 0 Å². The fourth-order valence-electron chi connectivity index (χ4n) is 2.66. The molecule has 104 valence electrons. The highest BCUT2D eigenvalue weighted by Gasteiger charge is 2.44. The van der Waals surface area contributed by atoms with Gasteiger partial charge < -0.3 is 11.1 Å². The van der Waals surface area contributed by atoms with Gasteiger partial charge in [0.1, 0.15) is 0 Å². The average molecular weight is 296 g/mol. The molecule has 0 bridgehead atoms. The molecule has 1 aromatic rings. The fourth-order valence-corrected chi connectivity index (χ4v) is 3.83. The van der Waals surface area contributed by atoms with E-state index in [1.54, 1.807) is 11.3 Å². The summed E-state index contributed by atoms with van der Waals surface area (Å²) in [5, 5.41) is 3.08. The quantitative estimate of drug-likeness (QED) is 0.840. The number of aryl methyl sites for hydroxylation is 1. The van der Waals surface area contributed by atoms with E-state index < -0.39 is 5.41 Å². The molecule has 0 aromatic carbocycles. The molecule has 3 nitrogen and oxygen atoms in total. The van der Waals surface area contributed by atoms with Gasteiger partial charge in [0.15, 0.2) is 0 Å². The maximum Gasteiger partial charge on any atom is 0.233 e. The van der Waals surface area contributed by atoms with Crippen LogP contribution in [-0.4, -0.2) is 10.9 Å². The van der Waals surface area contributed by atoms with Gasteiger partial charge in [-0.25, -0.2) is 0 Å². The number of nitrogens with two attached hydrogens (primary N) is 1. The van der Waals surface area contributed by atoms with E-state index in [9.17, 15) is 4.79 Å². The van der Waals surface area contributed by atoms with Crippen LogP contribution in [0.1, 0.15) is 48.4 Å². The third-order valence-electron chi connectivity index (χ3n) is 3.90. The van der Waals surface area contributed by atoms with Gasteiger partial charge in [0, 0.05) is 9.75 Å². The third-order valence-corrected chi connectivity index (χ3v) is 5.47. The zero-order valence-electron chi connectivity index (χ0n) is 11.4. The van der Waals surface area contributed by atoms with E-state index in [2.05, 4.69) is 24.4 Å². The second-order valence-corrected chi connectivity index (χ2v) is 7.06. The molecule has 1 unspecified atom stereocenters. The third kappa shape index (κ3) is 2.82. The lowest BCUT2D eigenvalue weighted by molar-refractivity contribution is -0.127. The van der Waals surface area contributed by atoms with Crippen molar-refractivity contribution in [2.45, 2.75) is 45.6 Å². The first-order valence-electron chi connectivity index (χ1n) is 6.63. The van der Waals surface area contributed by atoms with Crippen molar-refractivity contribution in [2.24, 2.45) is 11.1 Å². The van der Waals surface area contributed by atoms with Crippen molar-refractivity contribution in [2.75, 3.05) is 0 Å². The summed E-state index contributed by atoms with van der Waals surface area (Å²) in [6.07, 6.45) is 3.61. The molecule has 1 atom stereocenters. The molecule has 1 saturated carbocycles. The van der Waals surface area contributed by atoms with Crippen LogP contribution >= 0.6 is 23.6 Å². The first kappa shape index (κ1) is 14.5. The van der Waals surface area contributed by atoms with Crippen molar-refractivity contribution in [3.05, 3.63) is 21.9 Å². The Morgan fingerprint density at radius 2 is 2.11 bits per heavy atom. The second kappa shape index (κ2) is 5.59. The van der Waals surface area contributed by atoms with E-state index in [0.717, 1.165) is 25.7 Å². The minimum absolute atomic E-state index is 0.00365. The van der Waals surface area contributed by atoms with E-state index in [-0.39, 0.29) is 11.9 Å². The van der Waals surface area contributed by atoms with Gasteiger partial charge >= 0.3 is 0 Å². The molecule has 19 heavy (non-hydrogen) atoms. The lowest BCUT2D eigenvalue weighted by Crippen LogP contribution is -2.47. The highest BCUT2D eigenvalue weighted by atomic mass is 32.1. The van der Waals surface area contributed by atoms with Gasteiger partial charge in [0.2, 0.25) is 5.91 Å². The maximum absolute atomic E-state index is 12.5. The maximum atomic E-state index is 12.5. The molecule has 0 saturated heterocycles. The van der Waals surface area contributed by atoms with E-state index in [0.29, 0.717) is 4.99 Å². The Hall–Kier alpha value is -0.940. The summed E-state index contributed by atoms with van der Waals surface area (Å²) in [4.78, 5) is 15.3. The summed E-state index contributed by atoms with van der Waals surface area (Å²) in [5.41, 5.74) is 5.21. The SMILES string of the molecule is Cc1ccc(C(C)NC(=O)C2(C(N)=S)CCCC2)s1. The number of thiophene rings is 1. The molecular weight excluding hydrogens is 276 g/mol. The van der Waals surface area contributed by atoms with Crippen molar-refractivity contribution in [3.63, 3.8) is 0 Å². The summed E-state index contributed by atoms with van der Waals surface area (Å²) in [5.74, 6) is -0.00365. The monoisotopic (exact) mass is 296 g/mol. The van der Waals surface area contributed by atoms with Crippen molar-refractivity contribution >= 4 is 34.5 Å². The van der Waals surface area contributed by atoms with Crippen LogP contribution in [0.2, 0.25) is 0 Å². The van der Waals surface area contributed by atoms with Crippen LogP contribution in [0, 0.1) is 12.3 Å². The van der Waals surface area contributed by atoms with Crippen LogP contribution in [0.25, 0.3) is 0 Å². The molecule has 5 heteroatoms. The number of amides is 1. The topological polar surface area (TPSA) is 55.1 Å². The van der Waals surface area contributed by atoms with Gasteiger partial charge in [-0.15, -0.1) is 11.3 Å². The van der Waals surface area contributed by atoms with E-state index in [4.69, 9.17) is 18.0 Å². The summed E-state index contributed by atoms with van der Waals surface area (Å²) < 4.78 is 0. The van der Waals surface area contributed by atoms with Crippen molar-refractivity contribution in [3.8, 4) is 0 Å². The first-order chi connectivity index (χ1) is 8.95. The molecule has 1 amide bonds. The van der Waals surface area contributed by atoms with Gasteiger partial charge in [0.05, 0.1) is 16.4 Å². The smallest absolute Gasteiger partial charge is 0.233 e. The second-order valence-electron chi connectivity index (χ2n) is 5.30. The summed E-state index contributed by atoms with van der Waals surface area (Å²) in [6.45, 7) is 4.07. The number of carbonyl (C=O) groups excluding carboxylic acids is 1. The van der Waals surface area contributed by atoms with Crippen molar-refractivity contribution in [1.29, 1.82) is 0 Å². The standard InChI is InChI=1S/C14H20N2OS2/c1-9-5-6-11(19-9)10(2)16-13(17)14(12(15)18)7-3-4-8-14/h5-6,10H,3-4,7-8H2,1-2H3,(H2,15,18)(H,16,17). The predicted octanol–water partition coefficient (Wildman–Crippen LogP) is 3.08. The van der Waals surface area contributed by atoms with Crippen molar-refractivity contribution in [1.82, 2.24) is 5.32 Å². The number of carbonyl (C=O) groups is 1. The number of hydrogen-bond acceptors (Lipinski definition) is 3. The number of nitrogens with one attached hydrogen (secondary N) is 1. The summed E-state index contributed by atoms with van der Waals surface area (Å²) >= 11 is 6.85. The van der Waals surface area contributed by atoms with Crippen LogP contribution in [-0.2, 0) is 4.79 Å². The minimum atomic E-state index is -0.615. The lowest BCUT2D eigenvalue weighted by Gasteiger charge is -2.28. The summed E-state index contributed by atoms with van der Waals surface area (Å²) in [7, 11) is 0. The molecule has 0 spiro atoms. The first-order valence-corrected chi connectivity index (χ1v) is 7.85. The minimum Gasteiger partial charge on any atom is -0.392 e. The molecule has 2 rings (SSSR count). The highest BCUT2D eigenvalue weighted by molar-refractivity contribution is 7.80. The molecule has 0 aliphatic heterocycles. The van der Waals surface area contributed by atoms with Crippen LogP contribution in [0.4, 0.5) is 0 Å². The van der Waals surface area contributed by atoms with Crippen molar-refractivity contribution < 1.29 is 4.79 Å². The average Bonchev–Trinajstić information content (AvgIpc) is 2.97. The molecule has 1 aliphatic rings. The number of thiocarbonyl (C=S) groups is 1. The Kier molecular flexibility index (Phi) is 4.26. The van der Waals surface area contributed by atoms with Crippen LogP contribution < -0.4 is 11.1 Å². The van der Waals surface area contributed by atoms with Gasteiger partial charge in [0.25, 0.3) is 0 Å². The Morgan fingerprint density at radius 1 is 1.47 bits per heavy atom. The molecule has 1 aliphatic carbocycles. The fraction of sp³-hybridized carbons (Fsp3) is 0.571. The highest BCUT2D eigenvalue weighted by Crippen LogP contribution is 2.39. The lowest BCUT2D eigenvalue weighted by atomic mass is 9.85. The van der Waals surface area contributed by atoms with Crippen LogP contribution in [0.5, 0.6) is 0 Å². The van der Waals surface area contributed by atoms with E-state index in [1.807, 2.05) is 6.92 Å². The summed E-state index contributed by atoms with van der Waals surface area (Å²) in [6, 6.07) is 4.15. The Balaban J connectivity index is 2.09. The van der Waals surface area contributed by atoms with Crippen LogP contribution in [0.3, 0.4) is 0 Å². The number of rotatable bonds is 4. The molecule has 0 radical (unpaired) electrons. The van der Waals surface area contributed by atoms with E-state index >= 15 is 0 Å². The molecule has 3 N–H and O–H groups in total. The Labute approximate surface area is 123 Å². The van der Waals surface area contributed by atoms with Crippen LogP contribution in [0.15, 0.2) is 12.1 Å². The largest absolute Gasteiger partial charge is 0.392 e. The molecule has 1 fully saturated rings. The van der Waals surface area contributed by atoms with Gasteiger partial charge in [-0.3, -0.25) is 4.79 Å². The molecular formula is C14H20N2OS2. The van der Waals surface area contributed by atoms with Gasteiger partial charge in [-0.05, 0) is 38.8 Å². The molecule has 1 aromatic heterocycles. The predicted molar refractivity (Wildman–Crippen MR) is 83.3 cm³/mol. The van der Waals surface area contributed by atoms with E-state index in [1.165, 1.54) is 9.75 Å². The Morgan fingerprint density at radius 3 is 2.58 bits per heavy atom. The Bertz CT molecular complexity index is 489. The molecule has 1 heterocycles. The normalized spacial score (nSPS) is 19.1. The number of hydrogen-bond donors (Lipinski definition) is 2. The zero-order chi connectivity index (χ0) is 14.0.